The molecule has 146 valence electrons. The fraction of sp³-hybridized carbons (Fsp3) is 0.500. The first-order valence-electron chi connectivity index (χ1n) is 8.91. The molecular formula is C18H21F3N4O2. The fourth-order valence-electron chi connectivity index (χ4n) is 3.72. The Balaban J connectivity index is 1.83. The summed E-state index contributed by atoms with van der Waals surface area (Å²) in [5.41, 5.74) is -0.940. The monoisotopic (exact) mass is 382 g/mol. The first-order valence-corrected chi connectivity index (χ1v) is 8.91. The van der Waals surface area contributed by atoms with E-state index in [1.165, 1.54) is 18.5 Å². The number of amides is 1. The van der Waals surface area contributed by atoms with E-state index in [0.717, 1.165) is 29.9 Å². The van der Waals surface area contributed by atoms with Crippen LogP contribution in [0.1, 0.15) is 49.1 Å². The van der Waals surface area contributed by atoms with Crippen LogP contribution in [0.5, 0.6) is 0 Å². The lowest BCUT2D eigenvalue weighted by atomic mass is 9.84. The normalized spacial score (nSPS) is 20.9. The molecule has 0 aliphatic heterocycles. The van der Waals surface area contributed by atoms with E-state index in [1.54, 1.807) is 6.07 Å². The molecule has 0 spiro atoms. The van der Waals surface area contributed by atoms with Crippen LogP contribution in [0.4, 0.5) is 13.2 Å². The molecule has 0 bridgehead atoms. The first-order chi connectivity index (χ1) is 12.9. The number of nitrogens with zero attached hydrogens (tertiary/aromatic N) is 2. The summed E-state index contributed by atoms with van der Waals surface area (Å²) in [7, 11) is 0. The molecule has 2 atom stereocenters. The quantitative estimate of drug-likeness (QED) is 0.798. The third kappa shape index (κ3) is 4.58. The molecule has 1 aliphatic rings. The number of rotatable bonds is 4. The van der Waals surface area contributed by atoms with Gasteiger partial charge >= 0.3 is 11.9 Å². The van der Waals surface area contributed by atoms with Gasteiger partial charge < -0.3 is 5.32 Å². The zero-order valence-electron chi connectivity index (χ0n) is 14.6. The summed E-state index contributed by atoms with van der Waals surface area (Å²) >= 11 is 0. The van der Waals surface area contributed by atoms with Gasteiger partial charge in [-0.3, -0.25) is 9.36 Å². The van der Waals surface area contributed by atoms with Crippen LogP contribution in [0, 0.1) is 0 Å². The third-order valence-corrected chi connectivity index (χ3v) is 4.96. The molecule has 2 N–H and O–H groups in total. The number of halogens is 3. The van der Waals surface area contributed by atoms with Gasteiger partial charge in [-0.2, -0.15) is 18.3 Å². The topological polar surface area (TPSA) is 79.8 Å². The predicted octanol–water partition coefficient (Wildman–Crippen LogP) is 2.82. The van der Waals surface area contributed by atoms with Gasteiger partial charge in [-0.05, 0) is 24.5 Å². The summed E-state index contributed by atoms with van der Waals surface area (Å²) in [6.45, 7) is -0.223. The van der Waals surface area contributed by atoms with Crippen LogP contribution in [0.25, 0.3) is 0 Å². The Morgan fingerprint density at radius 1 is 1.22 bits per heavy atom. The minimum absolute atomic E-state index is 0.220. The van der Waals surface area contributed by atoms with E-state index in [0.29, 0.717) is 12.8 Å². The van der Waals surface area contributed by atoms with Crippen LogP contribution in [0.2, 0.25) is 0 Å². The summed E-state index contributed by atoms with van der Waals surface area (Å²) in [4.78, 5) is 23.8. The van der Waals surface area contributed by atoms with Gasteiger partial charge in [0.15, 0.2) is 0 Å². The van der Waals surface area contributed by atoms with Crippen LogP contribution in [0.15, 0.2) is 35.4 Å². The number of nitrogens with one attached hydrogen (secondary N) is 2. The third-order valence-electron chi connectivity index (χ3n) is 4.96. The zero-order chi connectivity index (χ0) is 19.4. The Morgan fingerprint density at radius 2 is 1.96 bits per heavy atom. The van der Waals surface area contributed by atoms with Gasteiger partial charge in [0.1, 0.15) is 12.9 Å². The summed E-state index contributed by atoms with van der Waals surface area (Å²) in [6.07, 6.45) is 0.504. The molecule has 1 aromatic carbocycles. The maximum absolute atomic E-state index is 13.5. The van der Waals surface area contributed by atoms with Crippen molar-refractivity contribution in [3.05, 3.63) is 52.2 Å². The Bertz CT molecular complexity index is 843. The van der Waals surface area contributed by atoms with Crippen LogP contribution in [0.3, 0.4) is 0 Å². The number of carbonyl (C=O) groups is 1. The SMILES string of the molecule is O=C(Cn1cn[nH]c1=O)N[C@H]1CCCCC[C@H]1c1ccccc1C(F)(F)F. The molecule has 9 heteroatoms. The van der Waals surface area contributed by atoms with Crippen molar-refractivity contribution in [2.45, 2.75) is 56.8 Å². The molecule has 1 aliphatic carbocycles. The van der Waals surface area contributed by atoms with Crippen LogP contribution in [-0.2, 0) is 17.5 Å². The molecule has 1 aromatic heterocycles. The molecule has 1 heterocycles. The molecule has 3 rings (SSSR count). The van der Waals surface area contributed by atoms with E-state index in [2.05, 4.69) is 15.5 Å². The number of carbonyl (C=O) groups excluding carboxylic acids is 1. The van der Waals surface area contributed by atoms with Gasteiger partial charge in [-0.25, -0.2) is 9.89 Å². The van der Waals surface area contributed by atoms with Crippen LogP contribution in [-0.4, -0.2) is 26.7 Å². The van der Waals surface area contributed by atoms with E-state index < -0.39 is 35.3 Å². The van der Waals surface area contributed by atoms with Crippen LogP contribution >= 0.6 is 0 Å². The smallest absolute Gasteiger partial charge is 0.351 e. The van der Waals surface area contributed by atoms with Crippen molar-refractivity contribution < 1.29 is 18.0 Å². The largest absolute Gasteiger partial charge is 0.416 e. The van der Waals surface area contributed by atoms with Crippen LogP contribution < -0.4 is 11.0 Å². The summed E-state index contributed by atoms with van der Waals surface area (Å²) in [6, 6.07) is 5.15. The minimum atomic E-state index is -4.44. The molecule has 6 nitrogen and oxygen atoms in total. The molecule has 0 saturated heterocycles. The van der Waals surface area contributed by atoms with Gasteiger partial charge in [-0.1, -0.05) is 37.5 Å². The van der Waals surface area contributed by atoms with E-state index in [4.69, 9.17) is 0 Å². The number of H-pyrrole nitrogens is 1. The maximum atomic E-state index is 13.5. The Labute approximate surface area is 153 Å². The van der Waals surface area contributed by atoms with E-state index >= 15 is 0 Å². The summed E-state index contributed by atoms with van der Waals surface area (Å²) in [5, 5.41) is 8.60. The van der Waals surface area contributed by atoms with Crippen molar-refractivity contribution in [3.8, 4) is 0 Å². The van der Waals surface area contributed by atoms with Gasteiger partial charge in [-0.15, -0.1) is 0 Å². The standard InChI is InChI=1S/C18H21F3N4O2/c19-18(20,21)14-8-5-4-6-12(14)13-7-2-1-3-9-15(13)23-16(26)10-25-11-22-24-17(25)27/h4-6,8,11,13,15H,1-3,7,9-10H2,(H,23,26)(H,24,27)/t13-,15-/m0/s1. The minimum Gasteiger partial charge on any atom is -0.351 e. The fourth-order valence-corrected chi connectivity index (χ4v) is 3.72. The van der Waals surface area contributed by atoms with Crippen molar-refractivity contribution in [2.75, 3.05) is 0 Å². The first kappa shape index (κ1) is 19.2. The molecular weight excluding hydrogens is 361 g/mol. The number of hydrogen-bond donors (Lipinski definition) is 2. The second kappa shape index (κ2) is 7.98. The Kier molecular flexibility index (Phi) is 5.67. The lowest BCUT2D eigenvalue weighted by Crippen LogP contribution is -2.41. The zero-order valence-corrected chi connectivity index (χ0v) is 14.6. The lowest BCUT2D eigenvalue weighted by Gasteiger charge is -2.29. The van der Waals surface area contributed by atoms with Crippen molar-refractivity contribution >= 4 is 5.91 Å². The number of benzene rings is 1. The molecule has 27 heavy (non-hydrogen) atoms. The van der Waals surface area contributed by atoms with Gasteiger partial charge in [0.25, 0.3) is 0 Å². The second-order valence-corrected chi connectivity index (χ2v) is 6.79. The molecule has 1 saturated carbocycles. The number of alkyl halides is 3. The highest BCUT2D eigenvalue weighted by Crippen LogP contribution is 2.40. The van der Waals surface area contributed by atoms with Gasteiger partial charge in [0.05, 0.1) is 5.56 Å². The number of aromatic amines is 1. The van der Waals surface area contributed by atoms with E-state index in [-0.39, 0.29) is 12.1 Å². The van der Waals surface area contributed by atoms with Crippen molar-refractivity contribution in [1.29, 1.82) is 0 Å². The molecule has 0 unspecified atom stereocenters. The summed E-state index contributed by atoms with van der Waals surface area (Å²) in [5.74, 6) is -0.838. The highest BCUT2D eigenvalue weighted by molar-refractivity contribution is 5.76. The average Bonchev–Trinajstić information content (AvgIpc) is 2.88. The molecule has 1 fully saturated rings. The highest BCUT2D eigenvalue weighted by atomic mass is 19.4. The molecule has 0 radical (unpaired) electrons. The Hall–Kier alpha value is -2.58. The van der Waals surface area contributed by atoms with Crippen molar-refractivity contribution in [1.82, 2.24) is 20.1 Å². The predicted molar refractivity (Wildman–Crippen MR) is 92.0 cm³/mol. The van der Waals surface area contributed by atoms with Crippen molar-refractivity contribution in [2.24, 2.45) is 0 Å². The second-order valence-electron chi connectivity index (χ2n) is 6.79. The average molecular weight is 382 g/mol. The van der Waals surface area contributed by atoms with E-state index in [9.17, 15) is 22.8 Å². The van der Waals surface area contributed by atoms with Gasteiger partial charge in [0, 0.05) is 12.0 Å². The summed E-state index contributed by atoms with van der Waals surface area (Å²) < 4.78 is 41.5. The highest BCUT2D eigenvalue weighted by Gasteiger charge is 2.37. The number of aromatic nitrogens is 3. The Morgan fingerprint density at radius 3 is 2.67 bits per heavy atom. The van der Waals surface area contributed by atoms with Crippen molar-refractivity contribution in [3.63, 3.8) is 0 Å². The van der Waals surface area contributed by atoms with E-state index in [1.807, 2.05) is 0 Å². The molecule has 2 aromatic rings. The lowest BCUT2D eigenvalue weighted by molar-refractivity contribution is -0.138. The molecule has 1 amide bonds. The maximum Gasteiger partial charge on any atom is 0.416 e. The van der Waals surface area contributed by atoms with Gasteiger partial charge in [0.2, 0.25) is 5.91 Å². The number of hydrogen-bond acceptors (Lipinski definition) is 3.